The van der Waals surface area contributed by atoms with Crippen molar-refractivity contribution >= 4 is 5.69 Å². The molecule has 1 aliphatic heterocycles. The second kappa shape index (κ2) is 4.05. The number of anilines is 1. The quantitative estimate of drug-likeness (QED) is 0.645. The molecule has 1 saturated heterocycles. The van der Waals surface area contributed by atoms with Crippen molar-refractivity contribution in [2.24, 2.45) is 0 Å². The van der Waals surface area contributed by atoms with Crippen molar-refractivity contribution in [3.63, 3.8) is 0 Å². The number of aliphatic hydroxyl groups is 2. The van der Waals surface area contributed by atoms with Gasteiger partial charge in [-0.25, -0.2) is 0 Å². The number of nitrogen functional groups attached to an aromatic ring is 1. The van der Waals surface area contributed by atoms with Crippen LogP contribution in [0.2, 0.25) is 0 Å². The molecule has 0 radical (unpaired) electrons. The van der Waals surface area contributed by atoms with Gasteiger partial charge in [0.1, 0.15) is 6.23 Å². The number of aliphatic hydroxyl groups excluding tert-OH is 1. The van der Waals surface area contributed by atoms with Crippen LogP contribution in [0.25, 0.3) is 0 Å². The molecular weight excluding hydrogens is 204 g/mol. The summed E-state index contributed by atoms with van der Waals surface area (Å²) in [6, 6.07) is 7.17. The van der Waals surface area contributed by atoms with E-state index in [0.29, 0.717) is 25.2 Å². The maximum absolute atomic E-state index is 10.1. The topological polar surface area (TPSA) is 69.7 Å². The van der Waals surface area contributed by atoms with Crippen LogP contribution in [-0.4, -0.2) is 33.8 Å². The van der Waals surface area contributed by atoms with Gasteiger partial charge in [-0.05, 0) is 31.0 Å². The number of benzene rings is 1. The Labute approximate surface area is 95.3 Å². The summed E-state index contributed by atoms with van der Waals surface area (Å²) >= 11 is 0. The number of nitrogens with two attached hydrogens (primary N) is 1. The highest BCUT2D eigenvalue weighted by Gasteiger charge is 2.34. The molecule has 4 nitrogen and oxygen atoms in total. The summed E-state index contributed by atoms with van der Waals surface area (Å²) in [4.78, 5) is 1.87. The summed E-state index contributed by atoms with van der Waals surface area (Å²) in [5.74, 6) is 0. The third-order valence-corrected chi connectivity index (χ3v) is 3.06. The standard InChI is InChI=1S/C12H18N2O2/c1-12(16)6-7-14(8-12)11(15)9-2-4-10(13)5-3-9/h2-5,11,15-16H,6-8,13H2,1H3. The van der Waals surface area contributed by atoms with Crippen molar-refractivity contribution < 1.29 is 10.2 Å². The summed E-state index contributed by atoms with van der Waals surface area (Å²) in [6.45, 7) is 3.00. The second-order valence-corrected chi connectivity index (χ2v) is 4.76. The van der Waals surface area contributed by atoms with Crippen LogP contribution in [-0.2, 0) is 0 Å². The van der Waals surface area contributed by atoms with Gasteiger partial charge in [0.05, 0.1) is 5.60 Å². The first-order valence-corrected chi connectivity index (χ1v) is 5.48. The third kappa shape index (κ3) is 2.35. The van der Waals surface area contributed by atoms with E-state index < -0.39 is 11.8 Å². The van der Waals surface area contributed by atoms with Crippen LogP contribution in [0.1, 0.15) is 25.1 Å². The highest BCUT2D eigenvalue weighted by atomic mass is 16.3. The lowest BCUT2D eigenvalue weighted by Crippen LogP contribution is -2.32. The van der Waals surface area contributed by atoms with Crippen LogP contribution in [0.4, 0.5) is 5.69 Å². The number of hydrogen-bond donors (Lipinski definition) is 3. The molecule has 1 aromatic carbocycles. The van der Waals surface area contributed by atoms with Crippen molar-refractivity contribution in [3.05, 3.63) is 29.8 Å². The lowest BCUT2D eigenvalue weighted by atomic mass is 10.1. The normalized spacial score (nSPS) is 28.2. The average Bonchev–Trinajstić information content (AvgIpc) is 2.59. The van der Waals surface area contributed by atoms with Crippen molar-refractivity contribution in [1.82, 2.24) is 4.90 Å². The first-order valence-electron chi connectivity index (χ1n) is 5.48. The molecule has 0 spiro atoms. The van der Waals surface area contributed by atoms with Gasteiger partial charge in [0.2, 0.25) is 0 Å². The van der Waals surface area contributed by atoms with Gasteiger partial charge in [-0.2, -0.15) is 0 Å². The number of β-amino-alcohol motifs (C(OH)–C–C–N with tert-alkyl or cyclic N) is 1. The lowest BCUT2D eigenvalue weighted by molar-refractivity contribution is -0.00689. The summed E-state index contributed by atoms with van der Waals surface area (Å²) in [5, 5.41) is 19.9. The van der Waals surface area contributed by atoms with Gasteiger partial charge >= 0.3 is 0 Å². The largest absolute Gasteiger partial charge is 0.399 e. The van der Waals surface area contributed by atoms with Crippen molar-refractivity contribution in [2.45, 2.75) is 25.2 Å². The van der Waals surface area contributed by atoms with Crippen LogP contribution in [0.3, 0.4) is 0 Å². The number of hydrogen-bond acceptors (Lipinski definition) is 4. The SMILES string of the molecule is CC1(O)CCN(C(O)c2ccc(N)cc2)C1. The molecule has 1 fully saturated rings. The van der Waals surface area contributed by atoms with E-state index >= 15 is 0 Å². The number of rotatable bonds is 2. The molecule has 0 aliphatic carbocycles. The third-order valence-electron chi connectivity index (χ3n) is 3.06. The first kappa shape index (κ1) is 11.4. The van der Waals surface area contributed by atoms with Crippen LogP contribution in [0, 0.1) is 0 Å². The Bertz CT molecular complexity index is 362. The fourth-order valence-corrected chi connectivity index (χ4v) is 2.07. The molecule has 0 aromatic heterocycles. The van der Waals surface area contributed by atoms with E-state index in [1.54, 1.807) is 19.1 Å². The molecule has 88 valence electrons. The van der Waals surface area contributed by atoms with Gasteiger partial charge in [0, 0.05) is 18.8 Å². The highest BCUT2D eigenvalue weighted by molar-refractivity contribution is 5.39. The summed E-state index contributed by atoms with van der Waals surface area (Å²) in [6.07, 6.45) is 0.0357. The van der Waals surface area contributed by atoms with E-state index in [1.165, 1.54) is 0 Å². The Morgan fingerprint density at radius 2 is 2.00 bits per heavy atom. The Hall–Kier alpha value is -1.10. The molecule has 0 bridgehead atoms. The molecule has 1 heterocycles. The highest BCUT2D eigenvalue weighted by Crippen LogP contribution is 2.28. The summed E-state index contributed by atoms with van der Waals surface area (Å²) in [5.41, 5.74) is 6.40. The Morgan fingerprint density at radius 1 is 1.38 bits per heavy atom. The van der Waals surface area contributed by atoms with E-state index in [1.807, 2.05) is 17.0 Å². The lowest BCUT2D eigenvalue weighted by Gasteiger charge is -2.24. The van der Waals surface area contributed by atoms with Crippen molar-refractivity contribution in [1.29, 1.82) is 0 Å². The monoisotopic (exact) mass is 222 g/mol. The average molecular weight is 222 g/mol. The van der Waals surface area contributed by atoms with E-state index in [-0.39, 0.29) is 0 Å². The summed E-state index contributed by atoms with van der Waals surface area (Å²) in [7, 11) is 0. The maximum atomic E-state index is 10.1. The van der Waals surface area contributed by atoms with Gasteiger partial charge in [0.15, 0.2) is 0 Å². The van der Waals surface area contributed by atoms with Gasteiger partial charge in [-0.3, -0.25) is 4.90 Å². The molecule has 2 unspecified atom stereocenters. The zero-order valence-corrected chi connectivity index (χ0v) is 9.43. The number of likely N-dealkylation sites (tertiary alicyclic amines) is 1. The zero-order valence-electron chi connectivity index (χ0n) is 9.43. The smallest absolute Gasteiger partial charge is 0.133 e. The molecule has 0 saturated carbocycles. The van der Waals surface area contributed by atoms with Crippen molar-refractivity contribution in [2.75, 3.05) is 18.8 Å². The van der Waals surface area contributed by atoms with Crippen LogP contribution >= 0.6 is 0 Å². The second-order valence-electron chi connectivity index (χ2n) is 4.76. The molecule has 1 aromatic rings. The minimum Gasteiger partial charge on any atom is -0.399 e. The molecule has 16 heavy (non-hydrogen) atoms. The van der Waals surface area contributed by atoms with E-state index in [4.69, 9.17) is 5.73 Å². The van der Waals surface area contributed by atoms with Crippen LogP contribution in [0.15, 0.2) is 24.3 Å². The predicted molar refractivity (Wildman–Crippen MR) is 62.6 cm³/mol. The van der Waals surface area contributed by atoms with Gasteiger partial charge < -0.3 is 15.9 Å². The molecule has 2 atom stereocenters. The minimum atomic E-state index is -0.686. The maximum Gasteiger partial charge on any atom is 0.133 e. The van der Waals surface area contributed by atoms with E-state index in [2.05, 4.69) is 0 Å². The fourth-order valence-electron chi connectivity index (χ4n) is 2.07. The van der Waals surface area contributed by atoms with Crippen LogP contribution in [0.5, 0.6) is 0 Å². The zero-order chi connectivity index (χ0) is 11.8. The Kier molecular flexibility index (Phi) is 2.88. The molecule has 0 amide bonds. The minimum absolute atomic E-state index is 0.499. The van der Waals surface area contributed by atoms with Crippen LogP contribution < -0.4 is 5.73 Å². The van der Waals surface area contributed by atoms with Crippen molar-refractivity contribution in [3.8, 4) is 0 Å². The molecular formula is C12H18N2O2. The van der Waals surface area contributed by atoms with E-state index in [9.17, 15) is 10.2 Å². The molecule has 4 N–H and O–H groups in total. The van der Waals surface area contributed by atoms with Gasteiger partial charge in [-0.15, -0.1) is 0 Å². The fraction of sp³-hybridized carbons (Fsp3) is 0.500. The summed E-state index contributed by atoms with van der Waals surface area (Å²) < 4.78 is 0. The van der Waals surface area contributed by atoms with Gasteiger partial charge in [-0.1, -0.05) is 12.1 Å². The van der Waals surface area contributed by atoms with E-state index in [0.717, 1.165) is 5.56 Å². The molecule has 4 heteroatoms. The number of nitrogens with zero attached hydrogens (tertiary/aromatic N) is 1. The Morgan fingerprint density at radius 3 is 2.50 bits per heavy atom. The molecule has 1 aliphatic rings. The first-order chi connectivity index (χ1) is 7.48. The predicted octanol–water partition coefficient (Wildman–Crippen LogP) is 0.716. The molecule has 2 rings (SSSR count). The Balaban J connectivity index is 2.08. The van der Waals surface area contributed by atoms with Gasteiger partial charge in [0.25, 0.3) is 0 Å².